The summed E-state index contributed by atoms with van der Waals surface area (Å²) >= 11 is 6.13. The lowest BCUT2D eigenvalue weighted by Gasteiger charge is -2.34. The lowest BCUT2D eigenvalue weighted by Crippen LogP contribution is -2.37. The predicted molar refractivity (Wildman–Crippen MR) is 122 cm³/mol. The lowest BCUT2D eigenvalue weighted by molar-refractivity contribution is 0.0842. The fourth-order valence-electron chi connectivity index (χ4n) is 2.22. The molecule has 144 valence electrons. The summed E-state index contributed by atoms with van der Waals surface area (Å²) < 4.78 is 18.1. The minimum atomic E-state index is -2.21. The van der Waals surface area contributed by atoms with Gasteiger partial charge >= 0.3 is 0 Å². The third kappa shape index (κ3) is 8.29. The molecule has 3 nitrogen and oxygen atoms in total. The van der Waals surface area contributed by atoms with Gasteiger partial charge in [-0.1, -0.05) is 31.4 Å². The zero-order valence-electron chi connectivity index (χ0n) is 17.0. The van der Waals surface area contributed by atoms with Crippen LogP contribution in [0, 0.1) is 0 Å². The van der Waals surface area contributed by atoms with Crippen molar-refractivity contribution in [1.82, 2.24) is 0 Å². The summed E-state index contributed by atoms with van der Waals surface area (Å²) in [6, 6.07) is 8.06. The first-order valence-corrected chi connectivity index (χ1v) is 20.3. The van der Waals surface area contributed by atoms with Gasteiger partial charge < -0.3 is 13.7 Å². The number of hydrogen-bond donors (Lipinski definition) is 0. The molecule has 0 fully saturated rings. The van der Waals surface area contributed by atoms with Crippen LogP contribution in [-0.4, -0.2) is 34.9 Å². The summed E-state index contributed by atoms with van der Waals surface area (Å²) in [7, 11) is 0.483. The summed E-state index contributed by atoms with van der Waals surface area (Å²) in [5, 5.41) is 1.10. The zero-order valence-corrected chi connectivity index (χ0v) is 21.5. The number of benzene rings is 1. The van der Waals surface area contributed by atoms with Crippen molar-refractivity contribution in [1.29, 1.82) is 0 Å². The van der Waals surface area contributed by atoms with Gasteiger partial charge in [-0.25, -0.2) is 0 Å². The Kier molecular flexibility index (Phi) is 8.47. The van der Waals surface area contributed by atoms with Gasteiger partial charge in [0, 0.05) is 5.30 Å². The van der Waals surface area contributed by atoms with E-state index >= 15 is 0 Å². The molecule has 0 saturated heterocycles. The highest BCUT2D eigenvalue weighted by Crippen LogP contribution is 2.63. The third-order valence-corrected chi connectivity index (χ3v) is 19.9. The second kappa shape index (κ2) is 9.04. The van der Waals surface area contributed by atoms with E-state index in [-0.39, 0.29) is 12.2 Å². The first kappa shape index (κ1) is 23.4. The molecule has 0 N–H and O–H groups in total. The molecule has 1 aromatic carbocycles. The molecule has 8 heteroatoms. The van der Waals surface area contributed by atoms with Crippen molar-refractivity contribution >= 4 is 48.9 Å². The average molecular weight is 437 g/mol. The Labute approximate surface area is 164 Å². The fraction of sp³-hybridized carbons (Fsp3) is 0.647. The van der Waals surface area contributed by atoms with Gasteiger partial charge in [0.15, 0.2) is 8.32 Å². The second-order valence-electron chi connectivity index (χ2n) is 8.15. The normalized spacial score (nSPS) is 17.6. The average Bonchev–Trinajstić information content (AvgIpc) is 2.43. The highest BCUT2D eigenvalue weighted by atomic mass is 33.0. The Balaban J connectivity index is 3.08. The Morgan fingerprint density at radius 2 is 1.48 bits per heavy atom. The summed E-state index contributed by atoms with van der Waals surface area (Å²) in [5.41, 5.74) is -2.21. The van der Waals surface area contributed by atoms with Crippen molar-refractivity contribution < 1.29 is 13.7 Å². The van der Waals surface area contributed by atoms with Crippen LogP contribution in [0.4, 0.5) is 0 Å². The molecule has 1 rings (SSSR count). The number of rotatable bonds is 9. The Bertz CT molecular complexity index is 597. The van der Waals surface area contributed by atoms with Crippen LogP contribution < -0.4 is 10.0 Å². The molecule has 0 saturated carbocycles. The van der Waals surface area contributed by atoms with Crippen LogP contribution in [0.2, 0.25) is 39.3 Å². The monoisotopic (exact) mass is 436 g/mol. The van der Waals surface area contributed by atoms with Crippen LogP contribution in [0.15, 0.2) is 24.3 Å². The SMILES string of the molecule is COc1ccc(P(=S)(OC(C)C(C)O[Si](C)(C)C)S[Si](C)(C)C)cc1. The molecule has 1 aromatic rings. The van der Waals surface area contributed by atoms with E-state index in [0.717, 1.165) is 11.1 Å². The zero-order chi connectivity index (χ0) is 19.5. The van der Waals surface area contributed by atoms with Crippen molar-refractivity contribution in [3.8, 4) is 5.75 Å². The van der Waals surface area contributed by atoms with Crippen molar-refractivity contribution in [3.63, 3.8) is 0 Å². The van der Waals surface area contributed by atoms with E-state index in [2.05, 4.69) is 65.3 Å². The summed E-state index contributed by atoms with van der Waals surface area (Å²) in [5.74, 6) is 0.840. The van der Waals surface area contributed by atoms with E-state index in [1.54, 1.807) is 7.11 Å². The van der Waals surface area contributed by atoms with E-state index in [1.807, 2.05) is 23.0 Å². The van der Waals surface area contributed by atoms with Gasteiger partial charge in [-0.05, 0) is 57.8 Å². The van der Waals surface area contributed by atoms with E-state index in [9.17, 15) is 0 Å². The van der Waals surface area contributed by atoms with Crippen LogP contribution in [0.5, 0.6) is 5.75 Å². The maximum absolute atomic E-state index is 6.56. The molecule has 0 aromatic heterocycles. The molecule has 0 heterocycles. The third-order valence-electron chi connectivity index (χ3n) is 3.29. The van der Waals surface area contributed by atoms with Gasteiger partial charge in [-0.3, -0.25) is 0 Å². The Hall–Kier alpha value is 0.374. The van der Waals surface area contributed by atoms with E-state index in [1.165, 1.54) is 0 Å². The smallest absolute Gasteiger partial charge is 0.184 e. The number of methoxy groups -OCH3 is 1. The molecule has 3 unspecified atom stereocenters. The largest absolute Gasteiger partial charge is 0.497 e. The van der Waals surface area contributed by atoms with E-state index in [0.29, 0.717) is 0 Å². The van der Waals surface area contributed by atoms with Gasteiger partial charge in [-0.2, -0.15) is 0 Å². The van der Waals surface area contributed by atoms with Crippen molar-refractivity contribution in [2.24, 2.45) is 0 Å². The predicted octanol–water partition coefficient (Wildman–Crippen LogP) is 5.84. The first-order valence-electron chi connectivity index (χ1n) is 8.57. The van der Waals surface area contributed by atoms with Gasteiger partial charge in [-0.15, -0.1) is 10.8 Å². The molecular weight excluding hydrogens is 403 g/mol. The summed E-state index contributed by atoms with van der Waals surface area (Å²) in [6.07, 6.45) is -0.00187. The number of ether oxygens (including phenoxy) is 1. The standard InChI is InChI=1S/C17H33O3PS2Si2/c1-14(15(2)20-24(4,5)6)19-21(22,23-25(7,8)9)17-12-10-16(18-3)11-13-17/h10-15H,1-9H3. The molecule has 25 heavy (non-hydrogen) atoms. The molecule has 0 bridgehead atoms. The molecule has 0 aliphatic heterocycles. The van der Waals surface area contributed by atoms with Gasteiger partial charge in [0.05, 0.1) is 19.3 Å². The molecule has 0 spiro atoms. The maximum Gasteiger partial charge on any atom is 0.184 e. The Morgan fingerprint density at radius 1 is 0.960 bits per heavy atom. The van der Waals surface area contributed by atoms with Crippen molar-refractivity contribution in [3.05, 3.63) is 24.3 Å². The molecular formula is C17H33O3PS2Si2. The second-order valence-corrected chi connectivity index (χ2v) is 28.4. The van der Waals surface area contributed by atoms with Crippen LogP contribution >= 0.6 is 16.3 Å². The quantitative estimate of drug-likeness (QED) is 0.358. The fourth-order valence-corrected chi connectivity index (χ4v) is 23.7. The topological polar surface area (TPSA) is 27.7 Å². The molecule has 0 radical (unpaired) electrons. The van der Waals surface area contributed by atoms with Crippen LogP contribution in [-0.2, 0) is 20.8 Å². The van der Waals surface area contributed by atoms with Crippen LogP contribution in [0.3, 0.4) is 0 Å². The van der Waals surface area contributed by atoms with Crippen molar-refractivity contribution in [2.45, 2.75) is 65.3 Å². The highest BCUT2D eigenvalue weighted by molar-refractivity contribution is 8.82. The van der Waals surface area contributed by atoms with Gasteiger partial charge in [0.25, 0.3) is 0 Å². The molecule has 0 amide bonds. The molecule has 3 atom stereocenters. The minimum Gasteiger partial charge on any atom is -0.497 e. The maximum atomic E-state index is 6.56. The van der Waals surface area contributed by atoms with Crippen LogP contribution in [0.1, 0.15) is 13.8 Å². The number of hydrogen-bond acceptors (Lipinski definition) is 5. The summed E-state index contributed by atoms with van der Waals surface area (Å²) in [4.78, 5) is 0. The summed E-state index contributed by atoms with van der Waals surface area (Å²) in [6.45, 7) is 17.7. The molecule has 0 aliphatic rings. The van der Waals surface area contributed by atoms with Crippen molar-refractivity contribution in [2.75, 3.05) is 7.11 Å². The first-order chi connectivity index (χ1) is 11.3. The highest BCUT2D eigenvalue weighted by Gasteiger charge is 2.33. The van der Waals surface area contributed by atoms with Gasteiger partial charge in [0.2, 0.25) is 0 Å². The van der Waals surface area contributed by atoms with Crippen LogP contribution in [0.25, 0.3) is 0 Å². The molecule has 0 aliphatic carbocycles. The van der Waals surface area contributed by atoms with E-state index < -0.39 is 21.0 Å². The lowest BCUT2D eigenvalue weighted by atomic mass is 10.3. The minimum absolute atomic E-state index is 0.0366. The Morgan fingerprint density at radius 3 is 1.88 bits per heavy atom. The van der Waals surface area contributed by atoms with E-state index in [4.69, 9.17) is 25.5 Å². The van der Waals surface area contributed by atoms with Gasteiger partial charge in [0.1, 0.15) is 18.4 Å².